The van der Waals surface area contributed by atoms with Crippen LogP contribution in [0.4, 0.5) is 0 Å². The van der Waals surface area contributed by atoms with E-state index in [4.69, 9.17) is 14.4 Å². The van der Waals surface area contributed by atoms with Crippen molar-refractivity contribution in [3.63, 3.8) is 0 Å². The summed E-state index contributed by atoms with van der Waals surface area (Å²) in [5, 5.41) is 12.5. The zero-order chi connectivity index (χ0) is 14.1. The number of rotatable bonds is 4. The van der Waals surface area contributed by atoms with E-state index in [-0.39, 0.29) is 11.8 Å². The van der Waals surface area contributed by atoms with Gasteiger partial charge in [0.25, 0.3) is 0 Å². The number of carbonyl (C=O) groups is 1. The van der Waals surface area contributed by atoms with E-state index in [0.29, 0.717) is 11.5 Å². The number of hydrogen-bond donors (Lipinski definition) is 1. The van der Waals surface area contributed by atoms with E-state index in [1.54, 1.807) is 0 Å². The second-order valence-electron chi connectivity index (χ2n) is 5.05. The minimum absolute atomic E-state index is 0.101. The maximum Gasteiger partial charge on any atom is 0.358 e. The Labute approximate surface area is 116 Å². The van der Waals surface area contributed by atoms with E-state index in [0.717, 1.165) is 24.0 Å². The highest BCUT2D eigenvalue weighted by Gasteiger charge is 2.22. The Morgan fingerprint density at radius 3 is 2.80 bits per heavy atom. The van der Waals surface area contributed by atoms with Gasteiger partial charge in [0.2, 0.25) is 0 Å². The lowest BCUT2D eigenvalue weighted by Gasteiger charge is -2.27. The van der Waals surface area contributed by atoms with Crippen LogP contribution >= 0.6 is 0 Å². The van der Waals surface area contributed by atoms with Gasteiger partial charge in [-0.05, 0) is 38.3 Å². The van der Waals surface area contributed by atoms with Gasteiger partial charge in [0.15, 0.2) is 11.5 Å². The minimum atomic E-state index is -1.10. The summed E-state index contributed by atoms with van der Waals surface area (Å²) < 4.78 is 11.1. The van der Waals surface area contributed by atoms with Gasteiger partial charge in [-0.25, -0.2) is 4.79 Å². The summed E-state index contributed by atoms with van der Waals surface area (Å²) in [5.74, 6) is 0.0305. The van der Waals surface area contributed by atoms with Crippen molar-refractivity contribution in [2.75, 3.05) is 0 Å². The summed E-state index contributed by atoms with van der Waals surface area (Å²) in [7, 11) is 0. The van der Waals surface area contributed by atoms with Crippen LogP contribution < -0.4 is 4.74 Å². The van der Waals surface area contributed by atoms with Gasteiger partial charge in [-0.3, -0.25) is 0 Å². The first-order valence-electron chi connectivity index (χ1n) is 6.61. The SMILES string of the molecule is Cc1ccc(OC2CCC2)c(-c2cc(C(=O)O)no2)c1. The average Bonchev–Trinajstić information content (AvgIpc) is 2.84. The van der Waals surface area contributed by atoms with Gasteiger partial charge in [0.05, 0.1) is 11.7 Å². The quantitative estimate of drug-likeness (QED) is 0.925. The third-order valence-corrected chi connectivity index (χ3v) is 3.48. The second-order valence-corrected chi connectivity index (χ2v) is 5.05. The van der Waals surface area contributed by atoms with Gasteiger partial charge >= 0.3 is 5.97 Å². The number of ether oxygens (including phenoxy) is 1. The van der Waals surface area contributed by atoms with E-state index < -0.39 is 5.97 Å². The van der Waals surface area contributed by atoms with Crippen LogP contribution in [0.1, 0.15) is 35.3 Å². The number of aryl methyl sites for hydroxylation is 1. The van der Waals surface area contributed by atoms with E-state index in [9.17, 15) is 4.79 Å². The molecule has 104 valence electrons. The molecule has 0 radical (unpaired) electrons. The van der Waals surface area contributed by atoms with Crippen molar-refractivity contribution in [2.24, 2.45) is 0 Å². The van der Waals surface area contributed by atoms with Crippen LogP contribution in [0, 0.1) is 6.92 Å². The standard InChI is InChI=1S/C15H15NO4/c1-9-5-6-13(19-10-3-2-4-10)11(7-9)14-8-12(15(17)18)16-20-14/h5-8,10H,2-4H2,1H3,(H,17,18). The van der Waals surface area contributed by atoms with E-state index in [1.165, 1.54) is 12.5 Å². The molecule has 1 aromatic carbocycles. The van der Waals surface area contributed by atoms with Crippen LogP contribution in [0.5, 0.6) is 5.75 Å². The molecule has 0 saturated heterocycles. The second kappa shape index (κ2) is 5.00. The fraction of sp³-hybridized carbons (Fsp3) is 0.333. The monoisotopic (exact) mass is 273 g/mol. The van der Waals surface area contributed by atoms with E-state index in [1.807, 2.05) is 25.1 Å². The average molecular weight is 273 g/mol. The Bertz CT molecular complexity index is 643. The third kappa shape index (κ3) is 2.39. The van der Waals surface area contributed by atoms with Gasteiger partial charge in [-0.1, -0.05) is 16.8 Å². The van der Waals surface area contributed by atoms with Crippen molar-refractivity contribution in [2.45, 2.75) is 32.3 Å². The first kappa shape index (κ1) is 12.7. The van der Waals surface area contributed by atoms with Gasteiger partial charge in [-0.2, -0.15) is 0 Å². The van der Waals surface area contributed by atoms with Gasteiger partial charge < -0.3 is 14.4 Å². The zero-order valence-corrected chi connectivity index (χ0v) is 11.1. The number of nitrogens with zero attached hydrogens (tertiary/aromatic N) is 1. The van der Waals surface area contributed by atoms with Crippen LogP contribution in [-0.4, -0.2) is 22.3 Å². The highest BCUT2D eigenvalue weighted by Crippen LogP contribution is 2.34. The van der Waals surface area contributed by atoms with E-state index in [2.05, 4.69) is 5.16 Å². The fourth-order valence-corrected chi connectivity index (χ4v) is 2.11. The molecule has 1 N–H and O–H groups in total. The van der Waals surface area contributed by atoms with Crippen molar-refractivity contribution in [1.82, 2.24) is 5.16 Å². The molecule has 2 aromatic rings. The number of carboxylic acid groups (broad SMARTS) is 1. The van der Waals surface area contributed by atoms with Crippen molar-refractivity contribution < 1.29 is 19.2 Å². The van der Waals surface area contributed by atoms with Gasteiger partial charge in [0, 0.05) is 6.07 Å². The molecule has 20 heavy (non-hydrogen) atoms. The Balaban J connectivity index is 1.96. The lowest BCUT2D eigenvalue weighted by molar-refractivity contribution is 0.0686. The van der Waals surface area contributed by atoms with Crippen LogP contribution in [-0.2, 0) is 0 Å². The molecule has 1 aliphatic rings. The predicted octanol–water partition coefficient (Wildman–Crippen LogP) is 3.28. The predicted molar refractivity (Wildman–Crippen MR) is 71.9 cm³/mol. The molecule has 5 heteroatoms. The summed E-state index contributed by atoms with van der Waals surface area (Å²) in [4.78, 5) is 10.9. The molecule has 1 heterocycles. The molecular weight excluding hydrogens is 258 g/mol. The topological polar surface area (TPSA) is 72.6 Å². The number of benzene rings is 1. The Hall–Kier alpha value is -2.30. The summed E-state index contributed by atoms with van der Waals surface area (Å²) in [6.45, 7) is 1.96. The molecule has 0 atom stereocenters. The maximum absolute atomic E-state index is 10.9. The normalized spacial score (nSPS) is 14.8. The third-order valence-electron chi connectivity index (χ3n) is 3.48. The summed E-state index contributed by atoms with van der Waals surface area (Å²) in [6.07, 6.45) is 3.56. The summed E-state index contributed by atoms with van der Waals surface area (Å²) in [5.41, 5.74) is 1.70. The number of hydrogen-bond acceptors (Lipinski definition) is 4. The van der Waals surface area contributed by atoms with Gasteiger partial charge in [-0.15, -0.1) is 0 Å². The number of aromatic nitrogens is 1. The molecule has 1 fully saturated rings. The largest absolute Gasteiger partial charge is 0.490 e. The van der Waals surface area contributed by atoms with Crippen LogP contribution in [0.2, 0.25) is 0 Å². The summed E-state index contributed by atoms with van der Waals surface area (Å²) in [6, 6.07) is 7.20. The molecule has 3 rings (SSSR count). The lowest BCUT2D eigenvalue weighted by Crippen LogP contribution is -2.24. The van der Waals surface area contributed by atoms with Crippen molar-refractivity contribution in [1.29, 1.82) is 0 Å². The highest BCUT2D eigenvalue weighted by molar-refractivity contribution is 5.86. The van der Waals surface area contributed by atoms with Gasteiger partial charge in [0.1, 0.15) is 5.75 Å². The highest BCUT2D eigenvalue weighted by atomic mass is 16.5. The maximum atomic E-state index is 10.9. The smallest absolute Gasteiger partial charge is 0.358 e. The number of aromatic carboxylic acids is 1. The molecule has 1 saturated carbocycles. The Kier molecular flexibility index (Phi) is 3.18. The summed E-state index contributed by atoms with van der Waals surface area (Å²) >= 11 is 0. The van der Waals surface area contributed by atoms with Crippen LogP contribution in [0.15, 0.2) is 28.8 Å². The molecule has 0 spiro atoms. The fourth-order valence-electron chi connectivity index (χ4n) is 2.11. The van der Waals surface area contributed by atoms with Crippen molar-refractivity contribution >= 4 is 5.97 Å². The zero-order valence-electron chi connectivity index (χ0n) is 11.1. The Morgan fingerprint density at radius 1 is 1.40 bits per heavy atom. The lowest BCUT2D eigenvalue weighted by atomic mass is 9.96. The molecule has 0 aliphatic heterocycles. The molecule has 0 bridgehead atoms. The molecule has 1 aliphatic carbocycles. The molecule has 1 aromatic heterocycles. The van der Waals surface area contributed by atoms with E-state index >= 15 is 0 Å². The molecule has 0 amide bonds. The minimum Gasteiger partial charge on any atom is -0.490 e. The van der Waals surface area contributed by atoms with Crippen molar-refractivity contribution in [3.8, 4) is 17.1 Å². The van der Waals surface area contributed by atoms with Crippen LogP contribution in [0.25, 0.3) is 11.3 Å². The van der Waals surface area contributed by atoms with Crippen LogP contribution in [0.3, 0.4) is 0 Å². The number of carboxylic acids is 1. The molecule has 5 nitrogen and oxygen atoms in total. The first-order chi connectivity index (χ1) is 9.63. The Morgan fingerprint density at radius 2 is 2.20 bits per heavy atom. The molecular formula is C15H15NO4. The molecule has 0 unspecified atom stereocenters. The first-order valence-corrected chi connectivity index (χ1v) is 6.61. The van der Waals surface area contributed by atoms with Crippen molar-refractivity contribution in [3.05, 3.63) is 35.5 Å².